The number of ether oxygens (including phenoxy) is 1. The van der Waals surface area contributed by atoms with E-state index in [1.54, 1.807) is 32.4 Å². The summed E-state index contributed by atoms with van der Waals surface area (Å²) in [4.78, 5) is 28.7. The summed E-state index contributed by atoms with van der Waals surface area (Å²) >= 11 is 0. The first kappa shape index (κ1) is 21.1. The van der Waals surface area contributed by atoms with E-state index in [2.05, 4.69) is 26.8 Å². The number of fused-ring (bicyclic) bond motifs is 1. The molecular weight excluding hydrogens is 398 g/mol. The van der Waals surface area contributed by atoms with Crippen molar-refractivity contribution in [2.75, 3.05) is 32.5 Å². The molecule has 0 saturated carbocycles. The molecule has 0 bridgehead atoms. The average Bonchev–Trinajstić information content (AvgIpc) is 3.19. The highest BCUT2D eigenvalue weighted by Crippen LogP contribution is 2.31. The molecule has 0 aromatic carbocycles. The number of nitrogens with zero attached hydrogens (tertiary/aromatic N) is 5. The summed E-state index contributed by atoms with van der Waals surface area (Å²) in [5.74, 6) is 2.38. The summed E-state index contributed by atoms with van der Waals surface area (Å²) < 4.78 is 6.86. The van der Waals surface area contributed by atoms with Gasteiger partial charge in [-0.2, -0.15) is 10.4 Å². The number of hydrogen-bond acceptors (Lipinski definition) is 7. The molecule has 0 aliphatic carbocycles. The third kappa shape index (κ3) is 4.89. The topological polar surface area (TPSA) is 125 Å². The van der Waals surface area contributed by atoms with Crippen molar-refractivity contribution in [3.8, 4) is 35.3 Å². The third-order valence-corrected chi connectivity index (χ3v) is 4.20. The van der Waals surface area contributed by atoms with Crippen LogP contribution in [-0.4, -0.2) is 58.7 Å². The molecule has 0 aliphatic rings. The molecule has 0 unspecified atom stereocenters. The number of nitriles is 1. The molecule has 3 rings (SSSR count). The second-order valence-electron chi connectivity index (χ2n) is 6.57. The fraction of sp³-hybridized carbons (Fsp3) is 0.190. The Hall–Kier alpha value is -4.57. The van der Waals surface area contributed by atoms with Gasteiger partial charge in [-0.1, -0.05) is 0 Å². The van der Waals surface area contributed by atoms with Gasteiger partial charge in [0.25, 0.3) is 5.91 Å². The quantitative estimate of drug-likeness (QED) is 0.460. The molecular formula is C21H19N7O3. The van der Waals surface area contributed by atoms with Gasteiger partial charge in [0, 0.05) is 44.5 Å². The number of terminal acetylenes is 1. The van der Waals surface area contributed by atoms with Gasteiger partial charge in [-0.25, -0.2) is 14.3 Å². The molecule has 31 heavy (non-hydrogen) atoms. The zero-order valence-electron chi connectivity index (χ0n) is 16.9. The summed E-state index contributed by atoms with van der Waals surface area (Å²) in [7, 11) is 3.16. The molecule has 3 heterocycles. The number of aromatic nitrogens is 3. The number of pyridine rings is 2. The predicted octanol–water partition coefficient (Wildman–Crippen LogP) is 1.49. The molecule has 0 atom stereocenters. The van der Waals surface area contributed by atoms with E-state index in [0.717, 1.165) is 0 Å². The highest BCUT2D eigenvalue weighted by Gasteiger charge is 2.16. The van der Waals surface area contributed by atoms with Gasteiger partial charge >= 0.3 is 6.09 Å². The zero-order valence-corrected chi connectivity index (χ0v) is 16.9. The highest BCUT2D eigenvalue weighted by atomic mass is 16.6. The van der Waals surface area contributed by atoms with Crippen LogP contribution in [0.25, 0.3) is 16.6 Å². The second kappa shape index (κ2) is 9.29. The van der Waals surface area contributed by atoms with Gasteiger partial charge in [0.1, 0.15) is 11.9 Å². The minimum absolute atomic E-state index is 0.278. The lowest BCUT2D eigenvalue weighted by atomic mass is 10.1. The Balaban J connectivity index is 1.87. The Bertz CT molecular complexity index is 1200. The number of nitrogens with one attached hydrogen (secondary N) is 2. The number of amides is 2. The van der Waals surface area contributed by atoms with E-state index < -0.39 is 12.0 Å². The van der Waals surface area contributed by atoms with Crippen molar-refractivity contribution in [2.45, 2.75) is 0 Å². The number of hydrogen-bond donors (Lipinski definition) is 2. The van der Waals surface area contributed by atoms with E-state index in [1.165, 1.54) is 21.8 Å². The first-order valence-corrected chi connectivity index (χ1v) is 9.18. The van der Waals surface area contributed by atoms with E-state index in [0.29, 0.717) is 41.1 Å². The van der Waals surface area contributed by atoms with Gasteiger partial charge in [0.05, 0.1) is 23.5 Å². The first-order valence-electron chi connectivity index (χ1n) is 9.18. The van der Waals surface area contributed by atoms with Crippen molar-refractivity contribution in [1.82, 2.24) is 24.8 Å². The highest BCUT2D eigenvalue weighted by molar-refractivity contribution is 5.92. The Morgan fingerprint density at radius 3 is 2.74 bits per heavy atom. The van der Waals surface area contributed by atoms with Crippen LogP contribution in [-0.2, 0) is 4.79 Å². The maximum absolute atomic E-state index is 12.0. The standard InChI is InChI=1S/C21H19N7O3/c1-4-19(29)24-8-7-23-18-6-5-14(11-25-18)17-9-16(31-21(30)27(2)3)13-28-20(17)15(10-22)12-26-28/h1,5-6,9,11-13H,7-8H2,2-3H3,(H,23,25)(H,24,29). The van der Waals surface area contributed by atoms with Gasteiger partial charge in [-0.3, -0.25) is 4.79 Å². The zero-order chi connectivity index (χ0) is 22.4. The third-order valence-electron chi connectivity index (χ3n) is 4.20. The lowest BCUT2D eigenvalue weighted by molar-refractivity contribution is -0.115. The molecule has 3 aromatic rings. The summed E-state index contributed by atoms with van der Waals surface area (Å²) in [6, 6.07) is 7.36. The molecule has 0 spiro atoms. The van der Waals surface area contributed by atoms with Gasteiger partial charge < -0.3 is 20.3 Å². The van der Waals surface area contributed by atoms with Crippen molar-refractivity contribution in [1.29, 1.82) is 5.26 Å². The summed E-state index contributed by atoms with van der Waals surface area (Å²) in [6.07, 6.45) is 9.07. The average molecular weight is 417 g/mol. The van der Waals surface area contributed by atoms with Crippen LogP contribution < -0.4 is 15.4 Å². The number of carbonyl (C=O) groups excluding carboxylic acids is 2. The van der Waals surface area contributed by atoms with E-state index in [4.69, 9.17) is 11.2 Å². The normalized spacial score (nSPS) is 10.1. The lowest BCUT2D eigenvalue weighted by Gasteiger charge is -2.13. The van der Waals surface area contributed by atoms with Crippen LogP contribution in [0, 0.1) is 23.7 Å². The molecule has 0 aliphatic heterocycles. The summed E-state index contributed by atoms with van der Waals surface area (Å²) in [6.45, 7) is 0.801. The van der Waals surface area contributed by atoms with Crippen molar-refractivity contribution in [3.05, 3.63) is 42.4 Å². The van der Waals surface area contributed by atoms with Crippen molar-refractivity contribution in [2.24, 2.45) is 0 Å². The molecule has 156 valence electrons. The second-order valence-corrected chi connectivity index (χ2v) is 6.57. The number of anilines is 1. The first-order chi connectivity index (χ1) is 14.9. The van der Waals surface area contributed by atoms with E-state index >= 15 is 0 Å². The Morgan fingerprint density at radius 1 is 1.29 bits per heavy atom. The largest absolute Gasteiger partial charge is 0.414 e. The Morgan fingerprint density at radius 2 is 2.10 bits per heavy atom. The van der Waals surface area contributed by atoms with E-state index in [9.17, 15) is 14.9 Å². The van der Waals surface area contributed by atoms with Gasteiger partial charge in [-0.15, -0.1) is 6.42 Å². The summed E-state index contributed by atoms with van der Waals surface area (Å²) in [5, 5.41) is 19.2. The van der Waals surface area contributed by atoms with Crippen LogP contribution in [0.15, 0.2) is 36.8 Å². The molecule has 2 N–H and O–H groups in total. The van der Waals surface area contributed by atoms with E-state index in [-0.39, 0.29) is 5.75 Å². The van der Waals surface area contributed by atoms with Crippen LogP contribution >= 0.6 is 0 Å². The van der Waals surface area contributed by atoms with E-state index in [1.807, 2.05) is 12.0 Å². The van der Waals surface area contributed by atoms with Crippen molar-refractivity contribution < 1.29 is 14.3 Å². The molecule has 3 aromatic heterocycles. The Labute approximate surface area is 178 Å². The number of rotatable bonds is 6. The molecule has 10 nitrogen and oxygen atoms in total. The number of carbonyl (C=O) groups is 2. The predicted molar refractivity (Wildman–Crippen MR) is 113 cm³/mol. The minimum Gasteiger partial charge on any atom is -0.409 e. The maximum Gasteiger partial charge on any atom is 0.414 e. The minimum atomic E-state index is -0.535. The summed E-state index contributed by atoms with van der Waals surface area (Å²) in [5.41, 5.74) is 2.30. The van der Waals surface area contributed by atoms with Crippen LogP contribution in [0.2, 0.25) is 0 Å². The molecule has 0 fully saturated rings. The molecule has 0 radical (unpaired) electrons. The maximum atomic E-state index is 12.0. The van der Waals surface area contributed by atoms with Crippen molar-refractivity contribution >= 4 is 23.3 Å². The fourth-order valence-electron chi connectivity index (χ4n) is 2.72. The molecule has 0 saturated heterocycles. The monoisotopic (exact) mass is 417 g/mol. The Kier molecular flexibility index (Phi) is 6.33. The molecule has 2 amide bonds. The molecule has 10 heteroatoms. The SMILES string of the molecule is C#CC(=O)NCCNc1ccc(-c2cc(OC(=O)N(C)C)cn3ncc(C#N)c23)cn1. The smallest absolute Gasteiger partial charge is 0.409 e. The van der Waals surface area contributed by atoms with Crippen LogP contribution in [0.4, 0.5) is 10.6 Å². The lowest BCUT2D eigenvalue weighted by Crippen LogP contribution is -2.27. The van der Waals surface area contributed by atoms with Crippen LogP contribution in [0.3, 0.4) is 0 Å². The fourth-order valence-corrected chi connectivity index (χ4v) is 2.72. The van der Waals surface area contributed by atoms with Crippen LogP contribution in [0.1, 0.15) is 5.56 Å². The van der Waals surface area contributed by atoms with Gasteiger partial charge in [0.2, 0.25) is 0 Å². The van der Waals surface area contributed by atoms with Gasteiger partial charge in [0.15, 0.2) is 5.75 Å². The van der Waals surface area contributed by atoms with Gasteiger partial charge in [-0.05, 0) is 24.1 Å². The van der Waals surface area contributed by atoms with Crippen molar-refractivity contribution in [3.63, 3.8) is 0 Å². The van der Waals surface area contributed by atoms with Crippen LogP contribution in [0.5, 0.6) is 5.75 Å².